The Bertz CT molecular complexity index is 642. The summed E-state index contributed by atoms with van der Waals surface area (Å²) in [5, 5.41) is 4.78. The lowest BCUT2D eigenvalue weighted by atomic mass is 10.2. The van der Waals surface area contributed by atoms with E-state index in [0.29, 0.717) is 17.4 Å². The molecule has 6 nitrogen and oxygen atoms in total. The summed E-state index contributed by atoms with van der Waals surface area (Å²) in [6.07, 6.45) is -0.546. The second-order valence-corrected chi connectivity index (χ2v) is 5.57. The van der Waals surface area contributed by atoms with Gasteiger partial charge in [0.25, 0.3) is 5.91 Å². The smallest absolute Gasteiger partial charge is 0.255 e. The van der Waals surface area contributed by atoms with Gasteiger partial charge in [0.2, 0.25) is 5.91 Å². The van der Waals surface area contributed by atoms with Gasteiger partial charge in [0.15, 0.2) is 5.13 Å². The van der Waals surface area contributed by atoms with Gasteiger partial charge in [-0.1, -0.05) is 30.3 Å². The predicted molar refractivity (Wildman–Crippen MR) is 84.3 cm³/mol. The van der Waals surface area contributed by atoms with Crippen LogP contribution < -0.4 is 11.1 Å². The van der Waals surface area contributed by atoms with Crippen LogP contribution in [-0.4, -0.2) is 22.9 Å². The standard InChI is InChI=1S/C15H17N3O3S/c1-10(21-8-11-5-3-2-4-6-11)14(20)18-15-17-12(9-22-15)7-13(16)19/h2-6,9-10H,7-8H2,1H3,(H2,16,19)(H,17,18,20). The zero-order chi connectivity index (χ0) is 15.9. The first-order chi connectivity index (χ1) is 10.5. The molecule has 0 saturated heterocycles. The van der Waals surface area contributed by atoms with Crippen molar-refractivity contribution in [3.63, 3.8) is 0 Å². The highest BCUT2D eigenvalue weighted by molar-refractivity contribution is 7.13. The number of anilines is 1. The molecule has 1 heterocycles. The Labute approximate surface area is 132 Å². The van der Waals surface area contributed by atoms with Gasteiger partial charge in [-0.3, -0.25) is 14.9 Å². The van der Waals surface area contributed by atoms with E-state index in [2.05, 4.69) is 10.3 Å². The van der Waals surface area contributed by atoms with Gasteiger partial charge in [-0.2, -0.15) is 0 Å². The summed E-state index contributed by atoms with van der Waals surface area (Å²) in [6, 6.07) is 9.62. The van der Waals surface area contributed by atoms with Crippen LogP contribution in [-0.2, 0) is 27.4 Å². The maximum absolute atomic E-state index is 12.0. The normalized spacial score (nSPS) is 11.9. The molecular weight excluding hydrogens is 302 g/mol. The third kappa shape index (κ3) is 4.94. The van der Waals surface area contributed by atoms with Crippen LogP contribution in [0.15, 0.2) is 35.7 Å². The van der Waals surface area contributed by atoms with Crippen LogP contribution in [0, 0.1) is 0 Å². The van der Waals surface area contributed by atoms with Crippen molar-refractivity contribution in [2.24, 2.45) is 5.73 Å². The molecule has 22 heavy (non-hydrogen) atoms. The molecule has 0 radical (unpaired) electrons. The summed E-state index contributed by atoms with van der Waals surface area (Å²) in [6.45, 7) is 2.04. The Morgan fingerprint density at radius 2 is 2.09 bits per heavy atom. The average Bonchev–Trinajstić information content (AvgIpc) is 2.92. The molecule has 0 spiro atoms. The predicted octanol–water partition coefficient (Wildman–Crippen LogP) is 1.71. The molecule has 0 aliphatic heterocycles. The molecule has 3 N–H and O–H groups in total. The maximum atomic E-state index is 12.0. The summed E-state index contributed by atoms with van der Waals surface area (Å²) < 4.78 is 5.52. The fourth-order valence-electron chi connectivity index (χ4n) is 1.70. The third-order valence-electron chi connectivity index (χ3n) is 2.85. The van der Waals surface area contributed by atoms with Crippen molar-refractivity contribution in [3.05, 3.63) is 47.0 Å². The van der Waals surface area contributed by atoms with E-state index in [9.17, 15) is 9.59 Å². The molecule has 0 fully saturated rings. The first-order valence-corrected chi connectivity index (χ1v) is 7.61. The summed E-state index contributed by atoms with van der Waals surface area (Å²) >= 11 is 1.25. The fraction of sp³-hybridized carbons (Fsp3) is 0.267. The zero-order valence-corrected chi connectivity index (χ0v) is 12.9. The van der Waals surface area contributed by atoms with E-state index in [0.717, 1.165) is 5.56 Å². The van der Waals surface area contributed by atoms with Gasteiger partial charge in [0.05, 0.1) is 18.7 Å². The van der Waals surface area contributed by atoms with Crippen molar-refractivity contribution in [1.82, 2.24) is 4.98 Å². The Hall–Kier alpha value is -2.25. The minimum atomic E-state index is -0.608. The van der Waals surface area contributed by atoms with Crippen molar-refractivity contribution in [3.8, 4) is 0 Å². The molecule has 1 aromatic heterocycles. The second kappa shape index (κ2) is 7.67. The van der Waals surface area contributed by atoms with Gasteiger partial charge in [-0.05, 0) is 12.5 Å². The number of ether oxygens (including phenoxy) is 1. The number of hydrogen-bond acceptors (Lipinski definition) is 5. The highest BCUT2D eigenvalue weighted by atomic mass is 32.1. The Morgan fingerprint density at radius 3 is 2.77 bits per heavy atom. The maximum Gasteiger partial charge on any atom is 0.255 e. The molecule has 0 bridgehead atoms. The lowest BCUT2D eigenvalue weighted by Crippen LogP contribution is -2.27. The molecule has 0 aliphatic carbocycles. The van der Waals surface area contributed by atoms with Crippen molar-refractivity contribution in [2.45, 2.75) is 26.1 Å². The Balaban J connectivity index is 1.83. The number of nitrogens with two attached hydrogens (primary N) is 1. The van der Waals surface area contributed by atoms with Crippen LogP contribution in [0.2, 0.25) is 0 Å². The van der Waals surface area contributed by atoms with Crippen molar-refractivity contribution in [2.75, 3.05) is 5.32 Å². The van der Waals surface area contributed by atoms with E-state index >= 15 is 0 Å². The number of primary amides is 1. The first kappa shape index (κ1) is 16.1. The van der Waals surface area contributed by atoms with Crippen molar-refractivity contribution >= 4 is 28.3 Å². The lowest BCUT2D eigenvalue weighted by molar-refractivity contribution is -0.127. The summed E-state index contributed by atoms with van der Waals surface area (Å²) in [5.74, 6) is -0.737. The molecule has 1 unspecified atom stereocenters. The van der Waals surface area contributed by atoms with E-state index in [4.69, 9.17) is 10.5 Å². The number of rotatable bonds is 7. The van der Waals surface area contributed by atoms with E-state index < -0.39 is 12.0 Å². The zero-order valence-electron chi connectivity index (χ0n) is 12.1. The number of thiazole rings is 1. The van der Waals surface area contributed by atoms with Gasteiger partial charge < -0.3 is 10.5 Å². The molecule has 2 amide bonds. The van der Waals surface area contributed by atoms with Gasteiger partial charge in [0, 0.05) is 5.38 Å². The number of hydrogen-bond donors (Lipinski definition) is 2. The SMILES string of the molecule is CC(OCc1ccccc1)C(=O)Nc1nc(CC(N)=O)cs1. The lowest BCUT2D eigenvalue weighted by Gasteiger charge is -2.12. The van der Waals surface area contributed by atoms with Gasteiger partial charge >= 0.3 is 0 Å². The number of nitrogens with one attached hydrogen (secondary N) is 1. The molecule has 0 aliphatic rings. The molecular formula is C15H17N3O3S. The number of aromatic nitrogens is 1. The summed E-state index contributed by atoms with van der Waals surface area (Å²) in [7, 11) is 0. The molecule has 0 saturated carbocycles. The van der Waals surface area contributed by atoms with Crippen LogP contribution in [0.5, 0.6) is 0 Å². The molecule has 2 aromatic rings. The topological polar surface area (TPSA) is 94.3 Å². The number of benzene rings is 1. The molecule has 116 valence electrons. The van der Waals surface area contributed by atoms with E-state index in [1.54, 1.807) is 12.3 Å². The number of nitrogens with zero attached hydrogens (tertiary/aromatic N) is 1. The van der Waals surface area contributed by atoms with Crippen LogP contribution in [0.4, 0.5) is 5.13 Å². The molecule has 2 rings (SSSR count). The number of carbonyl (C=O) groups is 2. The summed E-state index contributed by atoms with van der Waals surface area (Å²) in [5.41, 5.74) is 6.64. The Kier molecular flexibility index (Phi) is 5.62. The quantitative estimate of drug-likeness (QED) is 0.812. The first-order valence-electron chi connectivity index (χ1n) is 6.73. The molecule has 1 aromatic carbocycles. The molecule has 1 atom stereocenters. The van der Waals surface area contributed by atoms with Crippen LogP contribution in [0.3, 0.4) is 0 Å². The molecule has 7 heteroatoms. The minimum absolute atomic E-state index is 0.0619. The second-order valence-electron chi connectivity index (χ2n) is 4.72. The summed E-state index contributed by atoms with van der Waals surface area (Å²) in [4.78, 5) is 26.9. The highest BCUT2D eigenvalue weighted by Gasteiger charge is 2.15. The van der Waals surface area contributed by atoms with E-state index in [-0.39, 0.29) is 12.3 Å². The van der Waals surface area contributed by atoms with E-state index in [1.165, 1.54) is 11.3 Å². The number of carbonyl (C=O) groups excluding carboxylic acids is 2. The average molecular weight is 319 g/mol. The van der Waals surface area contributed by atoms with Crippen molar-refractivity contribution < 1.29 is 14.3 Å². The largest absolute Gasteiger partial charge is 0.369 e. The monoisotopic (exact) mass is 319 g/mol. The minimum Gasteiger partial charge on any atom is -0.369 e. The van der Waals surface area contributed by atoms with Gasteiger partial charge in [-0.15, -0.1) is 11.3 Å². The van der Waals surface area contributed by atoms with Crippen LogP contribution in [0.1, 0.15) is 18.2 Å². The fourth-order valence-corrected chi connectivity index (χ4v) is 2.42. The van der Waals surface area contributed by atoms with Gasteiger partial charge in [-0.25, -0.2) is 4.98 Å². The highest BCUT2D eigenvalue weighted by Crippen LogP contribution is 2.16. The van der Waals surface area contributed by atoms with Crippen LogP contribution in [0.25, 0.3) is 0 Å². The Morgan fingerprint density at radius 1 is 1.36 bits per heavy atom. The van der Waals surface area contributed by atoms with Crippen LogP contribution >= 0.6 is 11.3 Å². The van der Waals surface area contributed by atoms with E-state index in [1.807, 2.05) is 30.3 Å². The third-order valence-corrected chi connectivity index (χ3v) is 3.66. The number of amides is 2. The van der Waals surface area contributed by atoms with Crippen molar-refractivity contribution in [1.29, 1.82) is 0 Å². The van der Waals surface area contributed by atoms with Gasteiger partial charge in [0.1, 0.15) is 6.10 Å².